The van der Waals surface area contributed by atoms with Gasteiger partial charge in [0, 0.05) is 6.54 Å². The number of carbonyl (C=O) groups excluding carboxylic acids is 1. The highest BCUT2D eigenvalue weighted by Crippen LogP contribution is 2.30. The van der Waals surface area contributed by atoms with Crippen LogP contribution in [0.5, 0.6) is 0 Å². The third-order valence-corrected chi connectivity index (χ3v) is 3.56. The summed E-state index contributed by atoms with van der Waals surface area (Å²) in [7, 11) is 0. The number of carbonyl (C=O) groups is 1. The van der Waals surface area contributed by atoms with Crippen LogP contribution in [0.3, 0.4) is 0 Å². The zero-order valence-corrected chi connectivity index (χ0v) is 12.0. The van der Waals surface area contributed by atoms with E-state index in [2.05, 4.69) is 19.1 Å². The number of benzene rings is 1. The standard InChI is InChI=1S/C16H25NO2/c1-3-11-16(13-17,15(18)19-4-2)12-10-14-8-6-5-7-9-14/h5-9H,3-4,10-13,17H2,1-2H3. The maximum atomic E-state index is 12.2. The summed E-state index contributed by atoms with van der Waals surface area (Å²) in [6.07, 6.45) is 3.33. The largest absolute Gasteiger partial charge is 0.466 e. The Balaban J connectivity index is 2.76. The molecule has 1 rings (SSSR count). The van der Waals surface area contributed by atoms with Crippen LogP contribution in [0, 0.1) is 5.41 Å². The third kappa shape index (κ3) is 4.35. The van der Waals surface area contributed by atoms with Crippen molar-refractivity contribution in [3.8, 4) is 0 Å². The average Bonchev–Trinajstić information content (AvgIpc) is 2.45. The molecule has 0 aliphatic carbocycles. The summed E-state index contributed by atoms with van der Waals surface area (Å²) in [6.45, 7) is 4.68. The van der Waals surface area contributed by atoms with Crippen molar-refractivity contribution >= 4 is 5.97 Å². The summed E-state index contributed by atoms with van der Waals surface area (Å²) in [5.41, 5.74) is 6.60. The summed E-state index contributed by atoms with van der Waals surface area (Å²) in [4.78, 5) is 12.2. The molecule has 1 aromatic carbocycles. The number of hydrogen-bond acceptors (Lipinski definition) is 3. The fourth-order valence-corrected chi connectivity index (χ4v) is 2.41. The lowest BCUT2D eigenvalue weighted by atomic mass is 9.78. The molecule has 1 atom stereocenters. The molecule has 3 nitrogen and oxygen atoms in total. The second-order valence-electron chi connectivity index (χ2n) is 4.94. The highest BCUT2D eigenvalue weighted by Gasteiger charge is 2.37. The van der Waals surface area contributed by atoms with Gasteiger partial charge in [0.25, 0.3) is 0 Å². The Morgan fingerprint density at radius 2 is 1.89 bits per heavy atom. The van der Waals surface area contributed by atoms with Crippen LogP contribution in [0.1, 0.15) is 38.7 Å². The van der Waals surface area contributed by atoms with Gasteiger partial charge >= 0.3 is 5.97 Å². The lowest BCUT2D eigenvalue weighted by Crippen LogP contribution is -2.40. The van der Waals surface area contributed by atoms with Crippen molar-refractivity contribution in [1.82, 2.24) is 0 Å². The van der Waals surface area contributed by atoms with Crippen molar-refractivity contribution in [2.24, 2.45) is 11.1 Å². The van der Waals surface area contributed by atoms with Gasteiger partial charge in [0.05, 0.1) is 12.0 Å². The van der Waals surface area contributed by atoms with E-state index in [-0.39, 0.29) is 5.97 Å². The van der Waals surface area contributed by atoms with Crippen LogP contribution in [-0.4, -0.2) is 19.1 Å². The molecule has 0 aliphatic rings. The number of esters is 1. The molecule has 19 heavy (non-hydrogen) atoms. The van der Waals surface area contributed by atoms with E-state index in [1.165, 1.54) is 5.56 Å². The van der Waals surface area contributed by atoms with Crippen LogP contribution in [0.4, 0.5) is 0 Å². The van der Waals surface area contributed by atoms with E-state index in [4.69, 9.17) is 10.5 Å². The van der Waals surface area contributed by atoms with E-state index in [1.54, 1.807) is 0 Å². The molecule has 0 aliphatic heterocycles. The number of nitrogens with two attached hydrogens (primary N) is 1. The first-order valence-electron chi connectivity index (χ1n) is 7.09. The second-order valence-corrected chi connectivity index (χ2v) is 4.94. The van der Waals surface area contributed by atoms with E-state index in [0.29, 0.717) is 13.2 Å². The summed E-state index contributed by atoms with van der Waals surface area (Å²) >= 11 is 0. The smallest absolute Gasteiger partial charge is 0.313 e. The molecule has 0 radical (unpaired) electrons. The summed E-state index contributed by atoms with van der Waals surface area (Å²) in [5.74, 6) is -0.143. The van der Waals surface area contributed by atoms with Crippen molar-refractivity contribution in [3.05, 3.63) is 35.9 Å². The molecule has 0 bridgehead atoms. The lowest BCUT2D eigenvalue weighted by molar-refractivity contribution is -0.155. The number of rotatable bonds is 8. The minimum atomic E-state index is -0.527. The van der Waals surface area contributed by atoms with Crippen molar-refractivity contribution in [2.75, 3.05) is 13.2 Å². The van der Waals surface area contributed by atoms with Crippen LogP contribution in [-0.2, 0) is 16.0 Å². The molecule has 0 amide bonds. The lowest BCUT2D eigenvalue weighted by Gasteiger charge is -2.29. The van der Waals surface area contributed by atoms with Crippen molar-refractivity contribution in [2.45, 2.75) is 39.5 Å². The van der Waals surface area contributed by atoms with Gasteiger partial charge in [-0.15, -0.1) is 0 Å². The van der Waals surface area contributed by atoms with Crippen molar-refractivity contribution < 1.29 is 9.53 Å². The monoisotopic (exact) mass is 263 g/mol. The predicted octanol–water partition coefficient (Wildman–Crippen LogP) is 2.93. The van der Waals surface area contributed by atoms with Gasteiger partial charge in [-0.25, -0.2) is 0 Å². The first-order chi connectivity index (χ1) is 9.18. The first-order valence-corrected chi connectivity index (χ1v) is 7.09. The van der Waals surface area contributed by atoms with Crippen LogP contribution >= 0.6 is 0 Å². The van der Waals surface area contributed by atoms with Gasteiger partial charge in [0.15, 0.2) is 0 Å². The normalized spacial score (nSPS) is 13.8. The average molecular weight is 263 g/mol. The van der Waals surface area contributed by atoms with Crippen LogP contribution in [0.2, 0.25) is 0 Å². The Morgan fingerprint density at radius 1 is 1.21 bits per heavy atom. The Morgan fingerprint density at radius 3 is 2.42 bits per heavy atom. The highest BCUT2D eigenvalue weighted by atomic mass is 16.5. The third-order valence-electron chi connectivity index (χ3n) is 3.56. The Hall–Kier alpha value is -1.35. The minimum absolute atomic E-state index is 0.143. The second kappa shape index (κ2) is 7.95. The zero-order valence-electron chi connectivity index (χ0n) is 12.0. The molecule has 0 aromatic heterocycles. The van der Waals surface area contributed by atoms with E-state index >= 15 is 0 Å². The molecule has 0 saturated carbocycles. The number of hydrogen-bond donors (Lipinski definition) is 1. The Kier molecular flexibility index (Phi) is 6.57. The topological polar surface area (TPSA) is 52.3 Å². The molecule has 1 unspecified atom stereocenters. The predicted molar refractivity (Wildman–Crippen MR) is 77.8 cm³/mol. The molecule has 3 heteroatoms. The van der Waals surface area contributed by atoms with Gasteiger partial charge in [-0.2, -0.15) is 0 Å². The first kappa shape index (κ1) is 15.7. The van der Waals surface area contributed by atoms with E-state index < -0.39 is 5.41 Å². The van der Waals surface area contributed by atoms with E-state index in [1.807, 2.05) is 25.1 Å². The molecule has 2 N–H and O–H groups in total. The molecule has 1 aromatic rings. The van der Waals surface area contributed by atoms with Gasteiger partial charge in [0.1, 0.15) is 0 Å². The SMILES string of the molecule is CCCC(CN)(CCc1ccccc1)C(=O)OCC. The van der Waals surface area contributed by atoms with Gasteiger partial charge in [-0.3, -0.25) is 4.79 Å². The quantitative estimate of drug-likeness (QED) is 0.734. The van der Waals surface area contributed by atoms with Gasteiger partial charge in [0.2, 0.25) is 0 Å². The van der Waals surface area contributed by atoms with Gasteiger partial charge in [-0.05, 0) is 31.7 Å². The number of aryl methyl sites for hydroxylation is 1. The number of ether oxygens (including phenoxy) is 1. The maximum absolute atomic E-state index is 12.2. The van der Waals surface area contributed by atoms with Gasteiger partial charge in [-0.1, -0.05) is 43.7 Å². The molecule has 0 spiro atoms. The van der Waals surface area contributed by atoms with Gasteiger partial charge < -0.3 is 10.5 Å². The summed E-state index contributed by atoms with van der Waals surface area (Å²) in [5, 5.41) is 0. The van der Waals surface area contributed by atoms with Crippen LogP contribution < -0.4 is 5.73 Å². The summed E-state index contributed by atoms with van der Waals surface area (Å²) < 4.78 is 5.22. The fourth-order valence-electron chi connectivity index (χ4n) is 2.41. The van der Waals surface area contributed by atoms with Crippen LogP contribution in [0.15, 0.2) is 30.3 Å². The maximum Gasteiger partial charge on any atom is 0.313 e. The van der Waals surface area contributed by atoms with E-state index in [9.17, 15) is 4.79 Å². The molecule has 0 heterocycles. The van der Waals surface area contributed by atoms with Crippen molar-refractivity contribution in [3.63, 3.8) is 0 Å². The minimum Gasteiger partial charge on any atom is -0.466 e. The molecule has 106 valence electrons. The zero-order chi connectivity index (χ0) is 14.1. The molecular formula is C16H25NO2. The molecule has 0 fully saturated rings. The molecule has 0 saturated heterocycles. The Bertz CT molecular complexity index is 378. The Labute approximate surface area is 116 Å². The fraction of sp³-hybridized carbons (Fsp3) is 0.562. The summed E-state index contributed by atoms with van der Waals surface area (Å²) in [6, 6.07) is 10.2. The van der Waals surface area contributed by atoms with Crippen molar-refractivity contribution in [1.29, 1.82) is 0 Å². The molecular weight excluding hydrogens is 238 g/mol. The highest BCUT2D eigenvalue weighted by molar-refractivity contribution is 5.77. The van der Waals surface area contributed by atoms with Crippen LogP contribution in [0.25, 0.3) is 0 Å². The van der Waals surface area contributed by atoms with E-state index in [0.717, 1.165) is 25.7 Å².